The van der Waals surface area contributed by atoms with Crippen LogP contribution in [0.3, 0.4) is 0 Å². The molecular weight excluding hydrogens is 375 g/mol. The Morgan fingerprint density at radius 1 is 1.00 bits per heavy atom. The molecule has 0 N–H and O–H groups in total. The van der Waals surface area contributed by atoms with Gasteiger partial charge in [-0.15, -0.1) is 10.2 Å². The maximum absolute atomic E-state index is 6.04. The molecule has 0 bridgehead atoms. The van der Waals surface area contributed by atoms with E-state index in [4.69, 9.17) is 32.7 Å². The Morgan fingerprint density at radius 3 is 2.54 bits per heavy atom. The first-order chi connectivity index (χ1) is 12.7. The number of ether oxygens (including phenoxy) is 2. The third-order valence-electron chi connectivity index (χ3n) is 3.39. The van der Waals surface area contributed by atoms with Crippen molar-refractivity contribution in [3.63, 3.8) is 0 Å². The van der Waals surface area contributed by atoms with E-state index in [2.05, 4.69) is 15.3 Å². The standard InChI is InChI=1S/C18H16Cl2N4O2/c1-2-25-18-8-13(9-23-24-11-21-22-12-24)4-6-17(18)26-10-14-3-5-15(19)16(20)7-14/h3-9,11-12H,2,10H2,1H3/b23-9-. The lowest BCUT2D eigenvalue weighted by molar-refractivity contribution is 0.269. The van der Waals surface area contributed by atoms with Gasteiger partial charge in [-0.05, 0) is 48.4 Å². The molecular formula is C18H16Cl2N4O2. The van der Waals surface area contributed by atoms with Crippen LogP contribution in [0.1, 0.15) is 18.1 Å². The highest BCUT2D eigenvalue weighted by Crippen LogP contribution is 2.30. The van der Waals surface area contributed by atoms with Gasteiger partial charge >= 0.3 is 0 Å². The van der Waals surface area contributed by atoms with Gasteiger partial charge in [0.05, 0.1) is 22.9 Å². The average molecular weight is 391 g/mol. The van der Waals surface area contributed by atoms with E-state index in [1.54, 1.807) is 18.3 Å². The van der Waals surface area contributed by atoms with Gasteiger partial charge in [0.25, 0.3) is 0 Å². The minimum atomic E-state index is 0.352. The smallest absolute Gasteiger partial charge is 0.161 e. The number of hydrogen-bond acceptors (Lipinski definition) is 5. The molecule has 0 radical (unpaired) electrons. The quantitative estimate of drug-likeness (QED) is 0.559. The molecule has 1 aromatic heterocycles. The fraction of sp³-hybridized carbons (Fsp3) is 0.167. The molecule has 8 heteroatoms. The molecule has 1 heterocycles. The van der Waals surface area contributed by atoms with Crippen LogP contribution in [0.4, 0.5) is 0 Å². The number of hydrogen-bond donors (Lipinski definition) is 0. The van der Waals surface area contributed by atoms with Crippen LogP contribution in [-0.2, 0) is 6.61 Å². The lowest BCUT2D eigenvalue weighted by Crippen LogP contribution is -2.00. The molecule has 0 saturated carbocycles. The Labute approximate surface area is 161 Å². The summed E-state index contributed by atoms with van der Waals surface area (Å²) in [6.45, 7) is 2.79. The number of aromatic nitrogens is 3. The molecule has 0 aliphatic carbocycles. The number of halogens is 2. The van der Waals surface area contributed by atoms with Gasteiger partial charge in [-0.1, -0.05) is 29.3 Å². The zero-order valence-electron chi connectivity index (χ0n) is 14.0. The van der Waals surface area contributed by atoms with Crippen molar-refractivity contribution in [3.05, 3.63) is 70.2 Å². The Hall–Kier alpha value is -2.57. The molecule has 0 amide bonds. The Morgan fingerprint density at radius 2 is 1.81 bits per heavy atom. The first-order valence-electron chi connectivity index (χ1n) is 7.88. The van der Waals surface area contributed by atoms with E-state index >= 15 is 0 Å². The van der Waals surface area contributed by atoms with Crippen molar-refractivity contribution in [2.45, 2.75) is 13.5 Å². The van der Waals surface area contributed by atoms with Gasteiger partial charge in [0, 0.05) is 0 Å². The van der Waals surface area contributed by atoms with Crippen molar-refractivity contribution in [1.29, 1.82) is 0 Å². The second kappa shape index (κ2) is 8.69. The van der Waals surface area contributed by atoms with Gasteiger partial charge < -0.3 is 9.47 Å². The van der Waals surface area contributed by atoms with Crippen molar-refractivity contribution in [3.8, 4) is 11.5 Å². The molecule has 0 aliphatic heterocycles. The van der Waals surface area contributed by atoms with E-state index in [0.717, 1.165) is 11.1 Å². The zero-order valence-corrected chi connectivity index (χ0v) is 15.5. The van der Waals surface area contributed by atoms with Crippen LogP contribution >= 0.6 is 23.2 Å². The lowest BCUT2D eigenvalue weighted by Gasteiger charge is -2.13. The highest BCUT2D eigenvalue weighted by atomic mass is 35.5. The second-order valence-electron chi connectivity index (χ2n) is 5.26. The predicted molar refractivity (Wildman–Crippen MR) is 101 cm³/mol. The number of nitrogens with zero attached hydrogens (tertiary/aromatic N) is 4. The molecule has 0 aliphatic rings. The molecule has 0 spiro atoms. The summed E-state index contributed by atoms with van der Waals surface area (Å²) in [7, 11) is 0. The van der Waals surface area contributed by atoms with E-state index in [-0.39, 0.29) is 0 Å². The highest BCUT2D eigenvalue weighted by Gasteiger charge is 2.07. The van der Waals surface area contributed by atoms with Crippen molar-refractivity contribution in [2.24, 2.45) is 5.10 Å². The Kier molecular flexibility index (Phi) is 6.09. The molecule has 0 fully saturated rings. The molecule has 2 aromatic carbocycles. The fourth-order valence-corrected chi connectivity index (χ4v) is 2.49. The monoisotopic (exact) mass is 390 g/mol. The summed E-state index contributed by atoms with van der Waals surface area (Å²) < 4.78 is 13.1. The lowest BCUT2D eigenvalue weighted by atomic mass is 10.2. The van der Waals surface area contributed by atoms with Gasteiger partial charge in [-0.3, -0.25) is 0 Å². The largest absolute Gasteiger partial charge is 0.490 e. The average Bonchev–Trinajstić information content (AvgIpc) is 3.16. The van der Waals surface area contributed by atoms with E-state index in [1.165, 1.54) is 17.3 Å². The summed E-state index contributed by atoms with van der Waals surface area (Å²) in [4.78, 5) is 0. The van der Waals surface area contributed by atoms with Crippen molar-refractivity contribution in [1.82, 2.24) is 14.9 Å². The Balaban J connectivity index is 1.74. The third kappa shape index (κ3) is 4.74. The molecule has 134 valence electrons. The van der Waals surface area contributed by atoms with Crippen LogP contribution in [0.15, 0.2) is 54.2 Å². The maximum atomic E-state index is 6.04. The van der Waals surface area contributed by atoms with Crippen LogP contribution in [0.25, 0.3) is 0 Å². The minimum absolute atomic E-state index is 0.352. The molecule has 3 rings (SSSR count). The summed E-state index contributed by atoms with van der Waals surface area (Å²) >= 11 is 12.0. The molecule has 0 saturated heterocycles. The van der Waals surface area contributed by atoms with E-state index in [1.807, 2.05) is 31.2 Å². The topological polar surface area (TPSA) is 61.5 Å². The van der Waals surface area contributed by atoms with Crippen LogP contribution < -0.4 is 9.47 Å². The number of rotatable bonds is 7. The third-order valence-corrected chi connectivity index (χ3v) is 4.13. The van der Waals surface area contributed by atoms with Crippen LogP contribution in [0.2, 0.25) is 10.0 Å². The normalized spacial score (nSPS) is 11.0. The highest BCUT2D eigenvalue weighted by molar-refractivity contribution is 6.42. The van der Waals surface area contributed by atoms with Gasteiger partial charge in [0.15, 0.2) is 11.5 Å². The first-order valence-corrected chi connectivity index (χ1v) is 8.64. The van der Waals surface area contributed by atoms with Crippen LogP contribution in [0.5, 0.6) is 11.5 Å². The maximum Gasteiger partial charge on any atom is 0.161 e. The summed E-state index contributed by atoms with van der Waals surface area (Å²) in [6.07, 6.45) is 4.71. The van der Waals surface area contributed by atoms with Crippen molar-refractivity contribution < 1.29 is 9.47 Å². The molecule has 3 aromatic rings. The van der Waals surface area contributed by atoms with Gasteiger partial charge in [-0.2, -0.15) is 5.10 Å². The number of benzene rings is 2. The molecule has 0 unspecified atom stereocenters. The van der Waals surface area contributed by atoms with E-state index < -0.39 is 0 Å². The van der Waals surface area contributed by atoms with Crippen molar-refractivity contribution in [2.75, 3.05) is 6.61 Å². The summed E-state index contributed by atoms with van der Waals surface area (Å²) in [6, 6.07) is 11.0. The zero-order chi connectivity index (χ0) is 18.4. The van der Waals surface area contributed by atoms with Crippen LogP contribution in [-0.4, -0.2) is 27.7 Å². The molecule has 6 nitrogen and oxygen atoms in total. The van der Waals surface area contributed by atoms with Gasteiger partial charge in [-0.25, -0.2) is 4.68 Å². The van der Waals surface area contributed by atoms with Crippen molar-refractivity contribution >= 4 is 29.4 Å². The fourth-order valence-electron chi connectivity index (χ4n) is 2.17. The summed E-state index contributed by atoms with van der Waals surface area (Å²) in [5.74, 6) is 1.28. The van der Waals surface area contributed by atoms with E-state index in [0.29, 0.717) is 34.8 Å². The second-order valence-corrected chi connectivity index (χ2v) is 6.08. The SMILES string of the molecule is CCOc1cc(/C=N\n2cnnc2)ccc1OCc1ccc(Cl)c(Cl)c1. The summed E-state index contributed by atoms with van der Waals surface area (Å²) in [5, 5.41) is 12.6. The predicted octanol–water partition coefficient (Wildman–Crippen LogP) is 4.44. The van der Waals surface area contributed by atoms with Crippen LogP contribution in [0, 0.1) is 0 Å². The van der Waals surface area contributed by atoms with E-state index in [9.17, 15) is 0 Å². The summed E-state index contributed by atoms with van der Waals surface area (Å²) in [5.41, 5.74) is 1.78. The molecule has 0 atom stereocenters. The minimum Gasteiger partial charge on any atom is -0.490 e. The van der Waals surface area contributed by atoms with Gasteiger partial charge in [0.2, 0.25) is 0 Å². The first kappa shape index (κ1) is 18.2. The van der Waals surface area contributed by atoms with Gasteiger partial charge in [0.1, 0.15) is 19.3 Å². The molecule has 26 heavy (non-hydrogen) atoms. The Bertz CT molecular complexity index is 898.